The van der Waals surface area contributed by atoms with Crippen LogP contribution in [0.3, 0.4) is 0 Å². The van der Waals surface area contributed by atoms with Gasteiger partial charge in [0.25, 0.3) is 0 Å². The molecule has 0 bridgehead atoms. The molecule has 2 aromatic rings. The molecule has 0 aromatic carbocycles. The van der Waals surface area contributed by atoms with Crippen molar-refractivity contribution >= 4 is 0 Å². The lowest BCUT2D eigenvalue weighted by Crippen LogP contribution is -3.00. The Labute approximate surface area is 116 Å². The lowest BCUT2D eigenvalue weighted by molar-refractivity contribution is -0.671. The molecule has 0 fully saturated rings. The van der Waals surface area contributed by atoms with Gasteiger partial charge in [-0.1, -0.05) is 6.07 Å². The van der Waals surface area contributed by atoms with Gasteiger partial charge in [-0.15, -0.1) is 0 Å². The third-order valence-corrected chi connectivity index (χ3v) is 1.95. The van der Waals surface area contributed by atoms with Gasteiger partial charge in [-0.25, -0.2) is 9.13 Å². The van der Waals surface area contributed by atoms with Gasteiger partial charge in [0.05, 0.1) is 0 Å². The number of aryl methyl sites for hydroxylation is 3. The highest BCUT2D eigenvalue weighted by atomic mass is 35.5. The number of aromatic nitrogens is 2. The Hall–Kier alpha value is -1.12. The van der Waals surface area contributed by atoms with E-state index >= 15 is 0 Å². The summed E-state index contributed by atoms with van der Waals surface area (Å²) < 4.78 is 4.04. The molecule has 0 saturated heterocycles. The molecule has 2 heterocycles. The van der Waals surface area contributed by atoms with Crippen LogP contribution < -0.4 is 33.9 Å². The van der Waals surface area contributed by atoms with Crippen molar-refractivity contribution in [1.82, 2.24) is 0 Å². The molecule has 0 radical (unpaired) electrons. The van der Waals surface area contributed by atoms with Crippen molar-refractivity contribution in [2.75, 3.05) is 0 Å². The van der Waals surface area contributed by atoms with E-state index in [1.165, 1.54) is 5.56 Å². The highest BCUT2D eigenvalue weighted by molar-refractivity contribution is 5.00. The van der Waals surface area contributed by atoms with Crippen LogP contribution in [0.15, 0.2) is 55.1 Å². The predicted octanol–water partition coefficient (Wildman–Crippen LogP) is -4.66. The minimum atomic E-state index is 0. The Morgan fingerprint density at radius 2 is 1.29 bits per heavy atom. The average molecular weight is 273 g/mol. The summed E-state index contributed by atoms with van der Waals surface area (Å²) in [4.78, 5) is 0. The fourth-order valence-electron chi connectivity index (χ4n) is 1.22. The van der Waals surface area contributed by atoms with Crippen LogP contribution in [-0.2, 0) is 14.1 Å². The molecule has 0 amide bonds. The topological polar surface area (TPSA) is 7.76 Å². The van der Waals surface area contributed by atoms with E-state index in [4.69, 9.17) is 0 Å². The summed E-state index contributed by atoms with van der Waals surface area (Å²) in [5.41, 5.74) is 1.30. The SMILES string of the molecule is C[n+]1ccccc1.Cc1ccc[n+](C)c1.[Cl-].[Cl-]. The molecule has 0 aliphatic carbocycles. The van der Waals surface area contributed by atoms with Crippen LogP contribution in [0, 0.1) is 6.92 Å². The molecular weight excluding hydrogens is 255 g/mol. The third-order valence-electron chi connectivity index (χ3n) is 1.95. The lowest BCUT2D eigenvalue weighted by atomic mass is 10.3. The number of pyridine rings is 2. The summed E-state index contributed by atoms with van der Waals surface area (Å²) >= 11 is 0. The van der Waals surface area contributed by atoms with Crippen LogP contribution in [0.1, 0.15) is 5.56 Å². The predicted molar refractivity (Wildman–Crippen MR) is 60.0 cm³/mol. The second kappa shape index (κ2) is 10.1. The molecule has 0 aliphatic rings. The van der Waals surface area contributed by atoms with Crippen molar-refractivity contribution < 1.29 is 33.9 Å². The van der Waals surface area contributed by atoms with E-state index in [1.54, 1.807) is 0 Å². The maximum Gasteiger partial charge on any atom is 0.171 e. The summed E-state index contributed by atoms with van der Waals surface area (Å²) in [6, 6.07) is 10.1. The van der Waals surface area contributed by atoms with Crippen molar-refractivity contribution in [3.63, 3.8) is 0 Å². The molecule has 2 nitrogen and oxygen atoms in total. The van der Waals surface area contributed by atoms with Gasteiger partial charge >= 0.3 is 0 Å². The first-order valence-corrected chi connectivity index (χ1v) is 5.00. The van der Waals surface area contributed by atoms with Crippen LogP contribution in [0.25, 0.3) is 0 Å². The van der Waals surface area contributed by atoms with Gasteiger partial charge in [0.2, 0.25) is 0 Å². The van der Waals surface area contributed by atoms with Gasteiger partial charge in [0.15, 0.2) is 24.8 Å². The van der Waals surface area contributed by atoms with Crippen molar-refractivity contribution in [2.45, 2.75) is 6.92 Å². The Morgan fingerprint density at radius 1 is 0.765 bits per heavy atom. The zero-order valence-electron chi connectivity index (χ0n) is 10.3. The van der Waals surface area contributed by atoms with Crippen molar-refractivity contribution in [2.24, 2.45) is 14.1 Å². The third kappa shape index (κ3) is 8.66. The monoisotopic (exact) mass is 272 g/mol. The molecule has 2 rings (SSSR count). The van der Waals surface area contributed by atoms with E-state index < -0.39 is 0 Å². The largest absolute Gasteiger partial charge is 1.00 e. The summed E-state index contributed by atoms with van der Waals surface area (Å²) in [5, 5.41) is 0. The molecule has 2 aromatic heterocycles. The molecule has 0 N–H and O–H groups in total. The van der Waals surface area contributed by atoms with E-state index in [2.05, 4.69) is 19.2 Å². The molecular formula is C13H18Cl2N2. The van der Waals surface area contributed by atoms with Gasteiger partial charge in [-0.3, -0.25) is 0 Å². The number of rotatable bonds is 0. The Balaban J connectivity index is 0. The second-order valence-electron chi connectivity index (χ2n) is 3.59. The van der Waals surface area contributed by atoms with Gasteiger partial charge in [0, 0.05) is 23.8 Å². The fraction of sp³-hybridized carbons (Fsp3) is 0.231. The zero-order chi connectivity index (χ0) is 11.1. The quantitative estimate of drug-likeness (QED) is 0.427. The van der Waals surface area contributed by atoms with Crippen molar-refractivity contribution in [3.8, 4) is 0 Å². The molecule has 0 saturated carbocycles. The normalized spacial score (nSPS) is 7.94. The van der Waals surface area contributed by atoms with E-state index in [0.29, 0.717) is 0 Å². The summed E-state index contributed by atoms with van der Waals surface area (Å²) in [6.45, 7) is 2.08. The van der Waals surface area contributed by atoms with E-state index in [1.807, 2.05) is 66.1 Å². The van der Waals surface area contributed by atoms with Gasteiger partial charge in [-0.05, 0) is 13.0 Å². The van der Waals surface area contributed by atoms with Crippen LogP contribution in [0.5, 0.6) is 0 Å². The van der Waals surface area contributed by atoms with E-state index in [-0.39, 0.29) is 24.8 Å². The van der Waals surface area contributed by atoms with Gasteiger partial charge in [-0.2, -0.15) is 0 Å². The minimum absolute atomic E-state index is 0. The van der Waals surface area contributed by atoms with E-state index in [0.717, 1.165) is 0 Å². The molecule has 17 heavy (non-hydrogen) atoms. The Morgan fingerprint density at radius 3 is 1.59 bits per heavy atom. The summed E-state index contributed by atoms with van der Waals surface area (Å²) in [7, 11) is 4.02. The van der Waals surface area contributed by atoms with Crippen LogP contribution in [0.2, 0.25) is 0 Å². The average Bonchev–Trinajstić information content (AvgIpc) is 2.19. The molecule has 0 spiro atoms. The Bertz CT molecular complexity index is 388. The molecule has 0 atom stereocenters. The van der Waals surface area contributed by atoms with Gasteiger partial charge in [0.1, 0.15) is 14.1 Å². The first kappa shape index (κ1) is 18.3. The first-order valence-electron chi connectivity index (χ1n) is 5.00. The molecule has 4 heteroatoms. The number of hydrogen-bond donors (Lipinski definition) is 0. The smallest absolute Gasteiger partial charge is 0.171 e. The molecule has 0 unspecified atom stereocenters. The van der Waals surface area contributed by atoms with E-state index in [9.17, 15) is 0 Å². The maximum absolute atomic E-state index is 2.08. The first-order chi connectivity index (χ1) is 7.18. The number of halogens is 2. The number of nitrogens with zero attached hydrogens (tertiary/aromatic N) is 2. The lowest BCUT2D eigenvalue weighted by Gasteiger charge is -1.85. The fourth-order valence-corrected chi connectivity index (χ4v) is 1.22. The maximum atomic E-state index is 2.08. The van der Waals surface area contributed by atoms with Crippen LogP contribution in [-0.4, -0.2) is 0 Å². The molecule has 0 aliphatic heterocycles. The highest BCUT2D eigenvalue weighted by Gasteiger charge is 1.87. The summed E-state index contributed by atoms with van der Waals surface area (Å²) in [6.07, 6.45) is 8.10. The standard InChI is InChI=1S/C7H10N.C6H8N.2ClH/c1-7-4-3-5-8(2)6-7;1-7-5-3-2-4-6-7;;/h3-6H,1-2H3;2-6H,1H3;2*1H/q2*+1;;/p-2. The highest BCUT2D eigenvalue weighted by Crippen LogP contribution is 1.86. The van der Waals surface area contributed by atoms with Crippen molar-refractivity contribution in [1.29, 1.82) is 0 Å². The minimum Gasteiger partial charge on any atom is -1.00 e. The summed E-state index contributed by atoms with van der Waals surface area (Å²) in [5.74, 6) is 0. The zero-order valence-corrected chi connectivity index (χ0v) is 11.9. The second-order valence-corrected chi connectivity index (χ2v) is 3.59. The number of hydrogen-bond acceptors (Lipinski definition) is 0. The Kier molecular flexibility index (Phi) is 10.8. The van der Waals surface area contributed by atoms with Crippen LogP contribution in [0.4, 0.5) is 0 Å². The van der Waals surface area contributed by atoms with Crippen LogP contribution >= 0.6 is 0 Å². The molecule has 94 valence electrons. The van der Waals surface area contributed by atoms with Crippen molar-refractivity contribution in [3.05, 3.63) is 60.7 Å². The van der Waals surface area contributed by atoms with Gasteiger partial charge < -0.3 is 24.8 Å².